The Morgan fingerprint density at radius 2 is 1.92 bits per heavy atom. The molecule has 1 saturated heterocycles. The van der Waals surface area contributed by atoms with Crippen LogP contribution in [0.25, 0.3) is 0 Å². The second-order valence-corrected chi connectivity index (χ2v) is 5.64. The molecule has 2 aromatic rings. The molecule has 1 aliphatic rings. The quantitative estimate of drug-likeness (QED) is 0.603. The van der Waals surface area contributed by atoms with E-state index in [0.717, 1.165) is 25.5 Å². The molecule has 9 nitrogen and oxygen atoms in total. The molecule has 3 rings (SSSR count). The zero-order valence-electron chi connectivity index (χ0n) is 13.2. The molecule has 0 bridgehead atoms. The molecular weight excluding hydrogens is 308 g/mol. The van der Waals surface area contributed by atoms with Gasteiger partial charge in [-0.2, -0.15) is 0 Å². The molecule has 0 atom stereocenters. The number of carbonyl (C=O) groups is 1. The molecule has 0 radical (unpaired) electrons. The number of amides is 1. The molecule has 9 heteroatoms. The lowest BCUT2D eigenvalue weighted by Crippen LogP contribution is -2.31. The average Bonchev–Trinajstić information content (AvgIpc) is 2.62. The van der Waals surface area contributed by atoms with Crippen molar-refractivity contribution in [3.05, 3.63) is 30.5 Å². The van der Waals surface area contributed by atoms with E-state index < -0.39 is 5.91 Å². The summed E-state index contributed by atoms with van der Waals surface area (Å²) in [4.78, 5) is 27.4. The summed E-state index contributed by atoms with van der Waals surface area (Å²) in [6, 6.07) is 1.81. The number of anilines is 3. The number of nitrogens with zero attached hydrogens (tertiary/aromatic N) is 4. The van der Waals surface area contributed by atoms with E-state index >= 15 is 0 Å². The van der Waals surface area contributed by atoms with Gasteiger partial charge in [-0.1, -0.05) is 0 Å². The number of nitrogens with one attached hydrogen (secondary N) is 3. The van der Waals surface area contributed by atoms with Crippen molar-refractivity contribution in [1.29, 1.82) is 0 Å². The largest absolute Gasteiger partial charge is 0.370 e. The van der Waals surface area contributed by atoms with Crippen LogP contribution in [-0.4, -0.2) is 45.5 Å². The van der Waals surface area contributed by atoms with Crippen LogP contribution in [0, 0.1) is 5.92 Å². The van der Waals surface area contributed by atoms with Crippen LogP contribution in [0.4, 0.5) is 17.5 Å². The first-order valence-corrected chi connectivity index (χ1v) is 7.86. The Bertz CT molecular complexity index is 684. The molecule has 0 unspecified atom stereocenters. The summed E-state index contributed by atoms with van der Waals surface area (Å²) < 4.78 is 0. The van der Waals surface area contributed by atoms with E-state index in [1.54, 1.807) is 0 Å². The molecule has 0 spiro atoms. The molecular formula is C15H20N8O. The molecule has 5 N–H and O–H groups in total. The lowest BCUT2D eigenvalue weighted by molar-refractivity contribution is 0.0995. The maximum Gasteiger partial charge on any atom is 0.268 e. The Balaban J connectivity index is 1.59. The van der Waals surface area contributed by atoms with Crippen LogP contribution < -0.4 is 21.7 Å². The smallest absolute Gasteiger partial charge is 0.268 e. The monoisotopic (exact) mass is 328 g/mol. The van der Waals surface area contributed by atoms with E-state index in [-0.39, 0.29) is 5.69 Å². The summed E-state index contributed by atoms with van der Waals surface area (Å²) >= 11 is 0. The maximum atomic E-state index is 11.0. The highest BCUT2D eigenvalue weighted by molar-refractivity contribution is 5.90. The van der Waals surface area contributed by atoms with Crippen molar-refractivity contribution >= 4 is 23.4 Å². The van der Waals surface area contributed by atoms with Crippen molar-refractivity contribution in [2.45, 2.75) is 12.8 Å². The number of hydrogen-bond acceptors (Lipinski definition) is 8. The van der Waals surface area contributed by atoms with E-state index in [1.807, 2.05) is 6.07 Å². The summed E-state index contributed by atoms with van der Waals surface area (Å²) in [6.45, 7) is 3.04. The second-order valence-electron chi connectivity index (χ2n) is 5.64. The van der Waals surface area contributed by atoms with Crippen molar-refractivity contribution in [2.75, 3.05) is 30.3 Å². The normalized spacial score (nSPS) is 15.0. The maximum absolute atomic E-state index is 11.0. The molecule has 0 saturated carbocycles. The molecule has 1 amide bonds. The van der Waals surface area contributed by atoms with Crippen LogP contribution in [0.2, 0.25) is 0 Å². The Hall–Kier alpha value is -2.81. The van der Waals surface area contributed by atoms with Crippen LogP contribution in [0.1, 0.15) is 23.3 Å². The first kappa shape index (κ1) is 16.1. The van der Waals surface area contributed by atoms with Gasteiger partial charge < -0.3 is 21.7 Å². The van der Waals surface area contributed by atoms with E-state index in [2.05, 4.69) is 35.9 Å². The second kappa shape index (κ2) is 7.64. The fraction of sp³-hybridized carbons (Fsp3) is 0.400. The number of hydrogen-bond donors (Lipinski definition) is 4. The van der Waals surface area contributed by atoms with Gasteiger partial charge in [-0.05, 0) is 31.8 Å². The molecule has 3 heterocycles. The number of piperidine rings is 1. The average molecular weight is 328 g/mol. The predicted octanol–water partition coefficient (Wildman–Crippen LogP) is 0.521. The summed E-state index contributed by atoms with van der Waals surface area (Å²) in [5, 5.41) is 9.73. The Kier molecular flexibility index (Phi) is 5.12. The molecule has 0 aromatic carbocycles. The Morgan fingerprint density at radius 3 is 2.62 bits per heavy atom. The van der Waals surface area contributed by atoms with Crippen molar-refractivity contribution in [2.24, 2.45) is 11.7 Å². The van der Waals surface area contributed by atoms with Gasteiger partial charge in [-0.25, -0.2) is 19.9 Å². The van der Waals surface area contributed by atoms with Crippen LogP contribution >= 0.6 is 0 Å². The van der Waals surface area contributed by atoms with E-state index in [1.165, 1.54) is 31.6 Å². The van der Waals surface area contributed by atoms with Gasteiger partial charge in [0.25, 0.3) is 5.91 Å². The molecule has 2 aromatic heterocycles. The Labute approximate surface area is 139 Å². The van der Waals surface area contributed by atoms with Gasteiger partial charge >= 0.3 is 0 Å². The lowest BCUT2D eigenvalue weighted by Gasteiger charge is -2.22. The highest BCUT2D eigenvalue weighted by Crippen LogP contribution is 2.16. The Morgan fingerprint density at radius 1 is 1.12 bits per heavy atom. The summed E-state index contributed by atoms with van der Waals surface area (Å²) in [5.41, 5.74) is 5.25. The van der Waals surface area contributed by atoms with Crippen LogP contribution in [0.3, 0.4) is 0 Å². The zero-order valence-corrected chi connectivity index (χ0v) is 13.2. The first-order chi connectivity index (χ1) is 11.7. The third-order valence-electron chi connectivity index (χ3n) is 3.86. The molecule has 126 valence electrons. The highest BCUT2D eigenvalue weighted by atomic mass is 16.1. The molecule has 1 fully saturated rings. The van der Waals surface area contributed by atoms with Crippen LogP contribution in [0.15, 0.2) is 24.8 Å². The number of rotatable bonds is 6. The van der Waals surface area contributed by atoms with Crippen molar-refractivity contribution < 1.29 is 4.79 Å². The first-order valence-electron chi connectivity index (χ1n) is 7.86. The van der Waals surface area contributed by atoms with Gasteiger partial charge in [0, 0.05) is 12.6 Å². The predicted molar refractivity (Wildman–Crippen MR) is 89.9 cm³/mol. The number of nitrogens with two attached hydrogens (primary N) is 1. The molecule has 1 aliphatic heterocycles. The van der Waals surface area contributed by atoms with E-state index in [4.69, 9.17) is 5.73 Å². The van der Waals surface area contributed by atoms with E-state index in [9.17, 15) is 4.79 Å². The SMILES string of the molecule is NC(=O)c1cnc(Nc2cc(NCC3CCNCC3)ncn2)cn1. The topological polar surface area (TPSA) is 131 Å². The summed E-state index contributed by atoms with van der Waals surface area (Å²) in [5.74, 6) is 1.88. The minimum atomic E-state index is -0.611. The van der Waals surface area contributed by atoms with E-state index in [0.29, 0.717) is 17.6 Å². The van der Waals surface area contributed by atoms with Crippen molar-refractivity contribution in [3.63, 3.8) is 0 Å². The third-order valence-corrected chi connectivity index (χ3v) is 3.86. The zero-order chi connectivity index (χ0) is 16.8. The number of carbonyl (C=O) groups excluding carboxylic acids is 1. The standard InChI is InChI=1S/C15H20N8O/c16-15(24)11-7-20-14(8-18-11)23-13-5-12(21-9-22-13)19-6-10-1-3-17-4-2-10/h5,7-10,17H,1-4,6H2,(H2,16,24)(H2,19,20,21,22,23). The minimum absolute atomic E-state index is 0.118. The summed E-state index contributed by atoms with van der Waals surface area (Å²) in [6.07, 6.45) is 6.58. The van der Waals surface area contributed by atoms with Gasteiger partial charge in [-0.3, -0.25) is 4.79 Å². The van der Waals surface area contributed by atoms with Gasteiger partial charge in [-0.15, -0.1) is 0 Å². The minimum Gasteiger partial charge on any atom is -0.370 e. The van der Waals surface area contributed by atoms with Gasteiger partial charge in [0.15, 0.2) is 0 Å². The van der Waals surface area contributed by atoms with Gasteiger partial charge in [0.2, 0.25) is 0 Å². The van der Waals surface area contributed by atoms with Crippen molar-refractivity contribution in [1.82, 2.24) is 25.3 Å². The molecule has 24 heavy (non-hydrogen) atoms. The van der Waals surface area contributed by atoms with Gasteiger partial charge in [0.05, 0.1) is 12.4 Å². The van der Waals surface area contributed by atoms with Gasteiger partial charge in [0.1, 0.15) is 29.5 Å². The lowest BCUT2D eigenvalue weighted by atomic mass is 9.98. The fourth-order valence-corrected chi connectivity index (χ4v) is 2.51. The fourth-order valence-electron chi connectivity index (χ4n) is 2.51. The summed E-state index contributed by atoms with van der Waals surface area (Å²) in [7, 11) is 0. The van der Waals surface area contributed by atoms with Crippen LogP contribution in [0.5, 0.6) is 0 Å². The van der Waals surface area contributed by atoms with Crippen LogP contribution in [-0.2, 0) is 0 Å². The molecule has 0 aliphatic carbocycles. The number of aromatic nitrogens is 4. The highest BCUT2D eigenvalue weighted by Gasteiger charge is 2.12. The number of primary amides is 1. The third kappa shape index (κ3) is 4.35. The van der Waals surface area contributed by atoms with Crippen molar-refractivity contribution in [3.8, 4) is 0 Å².